The minimum Gasteiger partial charge on any atom is -0.480 e. The van der Waals surface area contributed by atoms with Crippen molar-refractivity contribution in [3.05, 3.63) is 71.3 Å². The Balaban J connectivity index is 1.62. The summed E-state index contributed by atoms with van der Waals surface area (Å²) in [6.07, 6.45) is 4.96. The molecule has 1 atom stereocenters. The molecule has 7 heteroatoms. The Bertz CT molecular complexity index is 1310. The summed E-state index contributed by atoms with van der Waals surface area (Å²) in [5.41, 5.74) is 0.861. The third kappa shape index (κ3) is 4.16. The van der Waals surface area contributed by atoms with Crippen molar-refractivity contribution in [2.45, 2.75) is 19.4 Å². The van der Waals surface area contributed by atoms with E-state index in [1.165, 1.54) is 18.2 Å². The van der Waals surface area contributed by atoms with Gasteiger partial charge in [0, 0.05) is 5.39 Å². The molecule has 1 unspecified atom stereocenters. The number of benzene rings is 3. The van der Waals surface area contributed by atoms with Crippen LogP contribution in [0.2, 0.25) is 0 Å². The molecule has 0 aliphatic carbocycles. The summed E-state index contributed by atoms with van der Waals surface area (Å²) in [6, 6.07) is 14.8. The van der Waals surface area contributed by atoms with E-state index in [0.29, 0.717) is 17.9 Å². The lowest BCUT2D eigenvalue weighted by Crippen LogP contribution is -2.29. The summed E-state index contributed by atoms with van der Waals surface area (Å²) in [5.74, 6) is 1.35. The number of esters is 1. The number of carbonyl (C=O) groups is 3. The Morgan fingerprint density at radius 2 is 1.88 bits per heavy atom. The minimum absolute atomic E-state index is 0.122. The zero-order valence-corrected chi connectivity index (χ0v) is 17.9. The smallest absolute Gasteiger partial charge is 0.338 e. The fourth-order valence-corrected chi connectivity index (χ4v) is 3.60. The second-order valence-electron chi connectivity index (χ2n) is 7.52. The van der Waals surface area contributed by atoms with Gasteiger partial charge in [-0.15, -0.1) is 6.42 Å². The van der Waals surface area contributed by atoms with Gasteiger partial charge in [-0.1, -0.05) is 25.0 Å². The van der Waals surface area contributed by atoms with Crippen molar-refractivity contribution >= 4 is 34.2 Å². The van der Waals surface area contributed by atoms with Crippen molar-refractivity contribution in [3.63, 3.8) is 0 Å². The molecule has 1 aliphatic rings. The number of anilines is 1. The Labute approximate surface area is 190 Å². The van der Waals surface area contributed by atoms with Crippen molar-refractivity contribution in [1.82, 2.24) is 0 Å². The van der Waals surface area contributed by atoms with Crippen LogP contribution in [0.15, 0.2) is 54.6 Å². The number of rotatable bonds is 7. The van der Waals surface area contributed by atoms with Crippen LogP contribution in [0.3, 0.4) is 0 Å². The number of carbonyl (C=O) groups excluding carboxylic acids is 3. The lowest BCUT2D eigenvalue weighted by molar-refractivity contribution is 0.0250. The Morgan fingerprint density at radius 1 is 1.09 bits per heavy atom. The first-order valence-electron chi connectivity index (χ1n) is 10.4. The highest BCUT2D eigenvalue weighted by Gasteiger charge is 2.37. The fraction of sp³-hybridized carbons (Fsp3) is 0.192. The highest BCUT2D eigenvalue weighted by Crippen LogP contribution is 2.33. The molecule has 3 aromatic rings. The van der Waals surface area contributed by atoms with E-state index in [0.717, 1.165) is 15.7 Å². The van der Waals surface area contributed by atoms with Gasteiger partial charge >= 0.3 is 5.97 Å². The van der Waals surface area contributed by atoms with Crippen LogP contribution in [0, 0.1) is 12.3 Å². The molecule has 0 bridgehead atoms. The zero-order valence-electron chi connectivity index (χ0n) is 17.9. The number of fused-ring (bicyclic) bond motifs is 2. The van der Waals surface area contributed by atoms with Gasteiger partial charge in [0.2, 0.25) is 0 Å². The lowest BCUT2D eigenvalue weighted by atomic mass is 10.1. The summed E-state index contributed by atoms with van der Waals surface area (Å²) < 4.78 is 10.6. The van der Waals surface area contributed by atoms with E-state index in [9.17, 15) is 19.5 Å². The maximum Gasteiger partial charge on any atom is 0.338 e. The predicted octanol–water partition coefficient (Wildman–Crippen LogP) is 3.58. The fourth-order valence-electron chi connectivity index (χ4n) is 3.60. The molecule has 33 heavy (non-hydrogen) atoms. The molecule has 0 radical (unpaired) electrons. The van der Waals surface area contributed by atoms with Crippen LogP contribution in [-0.4, -0.2) is 42.2 Å². The number of hydrogen-bond acceptors (Lipinski definition) is 6. The number of ether oxygens (including phenoxy) is 2. The first kappa shape index (κ1) is 22.1. The number of imide groups is 1. The maximum atomic E-state index is 13.1. The van der Waals surface area contributed by atoms with Gasteiger partial charge in [-0.05, 0) is 54.3 Å². The van der Waals surface area contributed by atoms with E-state index in [1.807, 2.05) is 6.07 Å². The minimum atomic E-state index is -0.757. The van der Waals surface area contributed by atoms with Gasteiger partial charge in [-0.2, -0.15) is 0 Å². The molecule has 0 fully saturated rings. The third-order valence-corrected chi connectivity index (χ3v) is 5.39. The Morgan fingerprint density at radius 3 is 2.64 bits per heavy atom. The highest BCUT2D eigenvalue weighted by atomic mass is 16.5. The van der Waals surface area contributed by atoms with Gasteiger partial charge in [0.1, 0.15) is 19.0 Å². The molecular weight excluding hydrogens is 422 g/mol. The van der Waals surface area contributed by atoms with Crippen molar-refractivity contribution < 1.29 is 29.0 Å². The summed E-state index contributed by atoms with van der Waals surface area (Å²) in [4.78, 5) is 39.5. The van der Waals surface area contributed by atoms with E-state index in [-0.39, 0.29) is 29.9 Å². The lowest BCUT2D eigenvalue weighted by Gasteiger charge is -2.15. The molecule has 0 saturated heterocycles. The number of aliphatic hydroxyl groups is 1. The van der Waals surface area contributed by atoms with E-state index >= 15 is 0 Å². The third-order valence-electron chi connectivity index (χ3n) is 5.39. The van der Waals surface area contributed by atoms with Gasteiger partial charge in [0.15, 0.2) is 0 Å². The first-order chi connectivity index (χ1) is 15.9. The van der Waals surface area contributed by atoms with Crippen molar-refractivity contribution in [3.8, 4) is 18.1 Å². The molecule has 166 valence electrons. The molecule has 4 rings (SSSR count). The molecule has 3 aromatic carbocycles. The van der Waals surface area contributed by atoms with Gasteiger partial charge in [0.25, 0.3) is 11.8 Å². The van der Waals surface area contributed by atoms with E-state index in [4.69, 9.17) is 15.9 Å². The highest BCUT2D eigenvalue weighted by molar-refractivity contribution is 6.35. The molecule has 0 saturated carbocycles. The molecule has 1 aliphatic heterocycles. The average molecular weight is 443 g/mol. The number of hydrogen-bond donors (Lipinski definition) is 1. The Kier molecular flexibility index (Phi) is 6.11. The van der Waals surface area contributed by atoms with Crippen LogP contribution >= 0.6 is 0 Å². The van der Waals surface area contributed by atoms with Crippen molar-refractivity contribution in [1.29, 1.82) is 0 Å². The number of aliphatic hydroxyl groups excluding tert-OH is 1. The normalized spacial score (nSPS) is 13.5. The molecule has 0 aromatic heterocycles. The summed E-state index contributed by atoms with van der Waals surface area (Å²) in [5, 5.41) is 11.2. The summed E-state index contributed by atoms with van der Waals surface area (Å²) >= 11 is 0. The van der Waals surface area contributed by atoms with Crippen LogP contribution in [0.1, 0.15) is 44.4 Å². The van der Waals surface area contributed by atoms with Crippen LogP contribution in [-0.2, 0) is 4.74 Å². The number of nitrogens with zero attached hydrogens (tertiary/aromatic N) is 1. The molecule has 0 spiro atoms. The largest absolute Gasteiger partial charge is 0.480 e. The van der Waals surface area contributed by atoms with Gasteiger partial charge in [-0.3, -0.25) is 9.59 Å². The molecule has 1 heterocycles. The topological polar surface area (TPSA) is 93.1 Å². The second kappa shape index (κ2) is 9.15. The molecule has 2 amide bonds. The first-order valence-corrected chi connectivity index (χ1v) is 10.4. The molecule has 7 nitrogen and oxygen atoms in total. The van der Waals surface area contributed by atoms with Gasteiger partial charge in [-0.25, -0.2) is 9.69 Å². The quantitative estimate of drug-likeness (QED) is 0.341. The summed E-state index contributed by atoms with van der Waals surface area (Å²) in [7, 11) is 0. The number of terminal acetylenes is 1. The monoisotopic (exact) mass is 443 g/mol. The zero-order chi connectivity index (χ0) is 23.5. The maximum absolute atomic E-state index is 13.1. The summed E-state index contributed by atoms with van der Waals surface area (Å²) in [6.45, 7) is 1.75. The van der Waals surface area contributed by atoms with Crippen molar-refractivity contribution in [2.24, 2.45) is 0 Å². The average Bonchev–Trinajstić information content (AvgIpc) is 3.09. The van der Waals surface area contributed by atoms with E-state index in [1.54, 1.807) is 37.3 Å². The SMILES string of the molecule is C#CCOc1cccc2cc(N3C(=O)c4ccc(C(=O)OCC(O)CC)cc4C3=O)ccc12. The molecule has 1 N–H and O–H groups in total. The van der Waals surface area contributed by atoms with Gasteiger partial charge in [0.05, 0.1) is 28.5 Å². The standard InChI is InChI=1S/C26H21NO6/c1-3-12-32-23-7-5-6-16-13-18(9-11-20(16)23)27-24(29)21-10-8-17(14-22(21)25(27)30)26(31)33-15-19(28)4-2/h1,5-11,13-14,19,28H,4,12,15H2,2H3. The van der Waals surface area contributed by atoms with E-state index < -0.39 is 23.9 Å². The Hall–Kier alpha value is -4.15. The van der Waals surface area contributed by atoms with Crippen LogP contribution in [0.5, 0.6) is 5.75 Å². The number of amides is 2. The van der Waals surface area contributed by atoms with Crippen LogP contribution in [0.4, 0.5) is 5.69 Å². The van der Waals surface area contributed by atoms with Crippen molar-refractivity contribution in [2.75, 3.05) is 18.1 Å². The molecular formula is C26H21NO6. The van der Waals surface area contributed by atoms with E-state index in [2.05, 4.69) is 5.92 Å². The predicted molar refractivity (Wildman–Crippen MR) is 122 cm³/mol. The van der Waals surface area contributed by atoms with Crippen LogP contribution < -0.4 is 9.64 Å². The second-order valence-corrected chi connectivity index (χ2v) is 7.52. The van der Waals surface area contributed by atoms with Gasteiger partial charge < -0.3 is 14.6 Å². The van der Waals surface area contributed by atoms with Crippen LogP contribution in [0.25, 0.3) is 10.8 Å².